The van der Waals surface area contributed by atoms with Crippen LogP contribution in [0, 0.1) is 5.92 Å². The summed E-state index contributed by atoms with van der Waals surface area (Å²) in [5, 5.41) is 3.63. The molecule has 1 fully saturated rings. The van der Waals surface area contributed by atoms with Crippen LogP contribution in [0.5, 0.6) is 0 Å². The van der Waals surface area contributed by atoms with Crippen LogP contribution in [0.15, 0.2) is 30.3 Å². The Labute approximate surface area is 110 Å². The lowest BCUT2D eigenvalue weighted by molar-refractivity contribution is 0.446. The highest BCUT2D eigenvalue weighted by atomic mass is 35.5. The highest BCUT2D eigenvalue weighted by Gasteiger charge is 2.16. The van der Waals surface area contributed by atoms with E-state index in [2.05, 4.69) is 35.6 Å². The van der Waals surface area contributed by atoms with Gasteiger partial charge >= 0.3 is 0 Å². The van der Waals surface area contributed by atoms with Crippen LogP contribution in [0.4, 0.5) is 0 Å². The van der Waals surface area contributed by atoms with Crippen molar-refractivity contribution in [3.63, 3.8) is 0 Å². The van der Waals surface area contributed by atoms with E-state index in [0.717, 1.165) is 18.9 Å². The minimum absolute atomic E-state index is 0.416. The molecule has 0 aliphatic heterocycles. The third-order valence-corrected chi connectivity index (χ3v) is 4.05. The molecule has 1 nitrogen and oxygen atoms in total. The average molecular weight is 252 g/mol. The fourth-order valence-electron chi connectivity index (χ4n) is 2.63. The van der Waals surface area contributed by atoms with Gasteiger partial charge in [-0.15, -0.1) is 11.6 Å². The lowest BCUT2D eigenvalue weighted by Crippen LogP contribution is -2.35. The Morgan fingerprint density at radius 1 is 1.18 bits per heavy atom. The van der Waals surface area contributed by atoms with Crippen molar-refractivity contribution < 1.29 is 0 Å². The summed E-state index contributed by atoms with van der Waals surface area (Å²) >= 11 is 6.04. The summed E-state index contributed by atoms with van der Waals surface area (Å²) in [6.45, 7) is 1.14. The zero-order chi connectivity index (χ0) is 11.9. The highest BCUT2D eigenvalue weighted by Crippen LogP contribution is 2.23. The van der Waals surface area contributed by atoms with E-state index in [1.54, 1.807) is 0 Å². The molecule has 1 N–H and O–H groups in total. The number of hydrogen-bond acceptors (Lipinski definition) is 1. The third kappa shape index (κ3) is 4.33. The Bertz CT molecular complexity index is 306. The second-order valence-corrected chi connectivity index (χ2v) is 5.41. The van der Waals surface area contributed by atoms with Gasteiger partial charge in [0.2, 0.25) is 0 Å². The molecule has 1 aliphatic rings. The molecule has 0 aromatic heterocycles. The van der Waals surface area contributed by atoms with Crippen LogP contribution < -0.4 is 5.32 Å². The molecule has 94 valence electrons. The van der Waals surface area contributed by atoms with E-state index in [4.69, 9.17) is 11.6 Å². The van der Waals surface area contributed by atoms with Crippen LogP contribution in [0.1, 0.15) is 31.2 Å². The van der Waals surface area contributed by atoms with Gasteiger partial charge in [0.25, 0.3) is 0 Å². The average Bonchev–Trinajstić information content (AvgIpc) is 2.89. The third-order valence-electron chi connectivity index (χ3n) is 3.68. The van der Waals surface area contributed by atoms with Gasteiger partial charge in [0.15, 0.2) is 0 Å². The van der Waals surface area contributed by atoms with Gasteiger partial charge in [-0.25, -0.2) is 0 Å². The monoisotopic (exact) mass is 251 g/mol. The van der Waals surface area contributed by atoms with Gasteiger partial charge in [0.1, 0.15) is 0 Å². The van der Waals surface area contributed by atoms with Crippen molar-refractivity contribution in [1.82, 2.24) is 5.32 Å². The zero-order valence-electron chi connectivity index (χ0n) is 10.4. The van der Waals surface area contributed by atoms with Crippen molar-refractivity contribution in [2.24, 2.45) is 5.92 Å². The molecule has 0 bridgehead atoms. The summed E-state index contributed by atoms with van der Waals surface area (Å²) in [7, 11) is 0. The van der Waals surface area contributed by atoms with Crippen LogP contribution in [0.2, 0.25) is 0 Å². The summed E-state index contributed by atoms with van der Waals surface area (Å²) < 4.78 is 0. The molecular formula is C15H22ClN. The first-order valence-corrected chi connectivity index (χ1v) is 7.25. The molecule has 1 unspecified atom stereocenters. The molecule has 1 saturated carbocycles. The van der Waals surface area contributed by atoms with Crippen molar-refractivity contribution in [3.05, 3.63) is 35.9 Å². The second-order valence-electron chi connectivity index (χ2n) is 5.10. The first kappa shape index (κ1) is 12.9. The molecule has 2 rings (SSSR count). The normalized spacial score (nSPS) is 18.4. The number of alkyl halides is 1. The minimum Gasteiger partial charge on any atom is -0.312 e. The van der Waals surface area contributed by atoms with Crippen molar-refractivity contribution in [3.8, 4) is 0 Å². The van der Waals surface area contributed by atoms with E-state index in [9.17, 15) is 0 Å². The zero-order valence-corrected chi connectivity index (χ0v) is 11.1. The maximum absolute atomic E-state index is 6.04. The molecule has 0 spiro atoms. The van der Waals surface area contributed by atoms with Crippen LogP contribution in [-0.4, -0.2) is 18.5 Å². The maximum Gasteiger partial charge on any atom is 0.0380 e. The molecule has 1 aromatic rings. The lowest BCUT2D eigenvalue weighted by Gasteiger charge is -2.19. The van der Waals surface area contributed by atoms with E-state index in [0.29, 0.717) is 11.9 Å². The number of benzene rings is 1. The summed E-state index contributed by atoms with van der Waals surface area (Å²) in [5.41, 5.74) is 1.37. The Balaban J connectivity index is 1.76. The van der Waals surface area contributed by atoms with Crippen LogP contribution >= 0.6 is 11.6 Å². The first-order valence-electron chi connectivity index (χ1n) is 6.71. The molecular weight excluding hydrogens is 230 g/mol. The van der Waals surface area contributed by atoms with Gasteiger partial charge in [0, 0.05) is 11.9 Å². The molecule has 1 aromatic carbocycles. The van der Waals surface area contributed by atoms with E-state index in [1.165, 1.54) is 31.2 Å². The standard InChI is InChI=1S/C15H22ClN/c16-11-15(10-13-6-2-1-3-7-13)17-12-14-8-4-5-9-14/h1-3,6-7,14-15,17H,4-5,8-12H2. The highest BCUT2D eigenvalue weighted by molar-refractivity contribution is 6.18. The number of nitrogens with one attached hydrogen (secondary N) is 1. The maximum atomic E-state index is 6.04. The fourth-order valence-corrected chi connectivity index (χ4v) is 2.85. The Morgan fingerprint density at radius 3 is 2.53 bits per heavy atom. The molecule has 0 radical (unpaired) electrons. The molecule has 2 heteroatoms. The smallest absolute Gasteiger partial charge is 0.0380 e. The van der Waals surface area contributed by atoms with Crippen molar-refractivity contribution in [2.75, 3.05) is 12.4 Å². The SMILES string of the molecule is ClCC(Cc1ccccc1)NCC1CCCC1. The number of rotatable bonds is 6. The molecule has 0 saturated heterocycles. The largest absolute Gasteiger partial charge is 0.312 e. The topological polar surface area (TPSA) is 12.0 Å². The van der Waals surface area contributed by atoms with Crippen LogP contribution in [0.3, 0.4) is 0 Å². The van der Waals surface area contributed by atoms with Gasteiger partial charge in [-0.3, -0.25) is 0 Å². The predicted molar refractivity (Wildman–Crippen MR) is 74.6 cm³/mol. The van der Waals surface area contributed by atoms with Gasteiger partial charge in [0.05, 0.1) is 0 Å². The van der Waals surface area contributed by atoms with Crippen molar-refractivity contribution >= 4 is 11.6 Å². The number of hydrogen-bond donors (Lipinski definition) is 1. The van der Waals surface area contributed by atoms with Gasteiger partial charge in [-0.2, -0.15) is 0 Å². The van der Waals surface area contributed by atoms with E-state index in [-0.39, 0.29) is 0 Å². The Morgan fingerprint density at radius 2 is 1.88 bits per heavy atom. The van der Waals surface area contributed by atoms with E-state index < -0.39 is 0 Å². The second kappa shape index (κ2) is 7.03. The fraction of sp³-hybridized carbons (Fsp3) is 0.600. The molecule has 0 amide bonds. The van der Waals surface area contributed by atoms with Crippen molar-refractivity contribution in [1.29, 1.82) is 0 Å². The first-order chi connectivity index (χ1) is 8.38. The molecule has 17 heavy (non-hydrogen) atoms. The molecule has 0 heterocycles. The Kier molecular flexibility index (Phi) is 5.34. The minimum atomic E-state index is 0.416. The van der Waals surface area contributed by atoms with E-state index in [1.807, 2.05) is 0 Å². The van der Waals surface area contributed by atoms with Gasteiger partial charge in [-0.05, 0) is 37.3 Å². The Hall–Kier alpha value is -0.530. The van der Waals surface area contributed by atoms with E-state index >= 15 is 0 Å². The summed E-state index contributed by atoms with van der Waals surface area (Å²) in [4.78, 5) is 0. The summed E-state index contributed by atoms with van der Waals surface area (Å²) in [5.74, 6) is 1.58. The van der Waals surface area contributed by atoms with Crippen LogP contribution in [0.25, 0.3) is 0 Å². The lowest BCUT2D eigenvalue weighted by atomic mass is 10.1. The van der Waals surface area contributed by atoms with Crippen molar-refractivity contribution in [2.45, 2.75) is 38.1 Å². The summed E-state index contributed by atoms with van der Waals surface area (Å²) in [6.07, 6.45) is 6.66. The quantitative estimate of drug-likeness (QED) is 0.762. The van der Waals surface area contributed by atoms with Crippen LogP contribution in [-0.2, 0) is 6.42 Å². The molecule has 1 aliphatic carbocycles. The van der Waals surface area contributed by atoms with Gasteiger partial charge in [-0.1, -0.05) is 43.2 Å². The predicted octanol–water partition coefficient (Wildman–Crippen LogP) is 3.62. The number of halogens is 1. The van der Waals surface area contributed by atoms with Gasteiger partial charge < -0.3 is 5.32 Å². The summed E-state index contributed by atoms with van der Waals surface area (Å²) in [6, 6.07) is 11.0. The molecule has 1 atom stereocenters.